The molecular weight excluding hydrogens is 246 g/mol. The highest BCUT2D eigenvalue weighted by molar-refractivity contribution is 4.79. The SMILES string of the molecule is CCNCC(C)(CC)CN(CC)CCCN(CC)CC. The van der Waals surface area contributed by atoms with Gasteiger partial charge in [-0.25, -0.2) is 0 Å². The predicted molar refractivity (Wildman–Crippen MR) is 91.5 cm³/mol. The first-order valence-electron chi connectivity index (χ1n) is 8.70. The van der Waals surface area contributed by atoms with Gasteiger partial charge in [-0.2, -0.15) is 0 Å². The van der Waals surface area contributed by atoms with Gasteiger partial charge in [0.25, 0.3) is 0 Å². The molecule has 0 fully saturated rings. The van der Waals surface area contributed by atoms with Gasteiger partial charge in [0, 0.05) is 13.1 Å². The van der Waals surface area contributed by atoms with Gasteiger partial charge in [-0.05, 0) is 57.5 Å². The molecule has 1 atom stereocenters. The fourth-order valence-corrected chi connectivity index (χ4v) is 2.67. The quantitative estimate of drug-likeness (QED) is 0.561. The Balaban J connectivity index is 4.17. The molecule has 1 unspecified atom stereocenters. The number of rotatable bonds is 13. The Morgan fingerprint density at radius 2 is 1.40 bits per heavy atom. The molecule has 0 rings (SSSR count). The lowest BCUT2D eigenvalue weighted by molar-refractivity contribution is 0.153. The lowest BCUT2D eigenvalue weighted by Gasteiger charge is -2.35. The van der Waals surface area contributed by atoms with Crippen LogP contribution in [0.15, 0.2) is 0 Å². The number of nitrogens with one attached hydrogen (secondary N) is 1. The predicted octanol–water partition coefficient (Wildman–Crippen LogP) is 3.07. The minimum atomic E-state index is 0.404. The molecule has 0 aliphatic heterocycles. The van der Waals surface area contributed by atoms with Crippen LogP contribution in [0.3, 0.4) is 0 Å². The zero-order valence-electron chi connectivity index (χ0n) is 15.0. The van der Waals surface area contributed by atoms with Crippen molar-refractivity contribution < 1.29 is 0 Å². The molecule has 0 amide bonds. The van der Waals surface area contributed by atoms with E-state index in [1.807, 2.05) is 0 Å². The normalized spacial score (nSPS) is 15.0. The van der Waals surface area contributed by atoms with Gasteiger partial charge in [0.1, 0.15) is 0 Å². The van der Waals surface area contributed by atoms with Crippen molar-refractivity contribution in [3.8, 4) is 0 Å². The Kier molecular flexibility index (Phi) is 11.5. The van der Waals surface area contributed by atoms with Crippen LogP contribution in [0.1, 0.15) is 54.4 Å². The van der Waals surface area contributed by atoms with Crippen molar-refractivity contribution in [3.05, 3.63) is 0 Å². The molecule has 0 bridgehead atoms. The Bertz CT molecular complexity index is 216. The molecule has 3 nitrogen and oxygen atoms in total. The molecule has 0 heterocycles. The van der Waals surface area contributed by atoms with Crippen molar-refractivity contribution in [2.45, 2.75) is 54.4 Å². The largest absolute Gasteiger partial charge is 0.316 e. The second kappa shape index (κ2) is 11.5. The van der Waals surface area contributed by atoms with Crippen molar-refractivity contribution in [3.63, 3.8) is 0 Å². The molecule has 0 aliphatic rings. The van der Waals surface area contributed by atoms with Crippen LogP contribution in [-0.4, -0.2) is 62.2 Å². The summed E-state index contributed by atoms with van der Waals surface area (Å²) in [5, 5.41) is 3.53. The van der Waals surface area contributed by atoms with Crippen LogP contribution in [0.25, 0.3) is 0 Å². The molecule has 20 heavy (non-hydrogen) atoms. The van der Waals surface area contributed by atoms with Crippen LogP contribution in [0.5, 0.6) is 0 Å². The van der Waals surface area contributed by atoms with Gasteiger partial charge in [0.2, 0.25) is 0 Å². The van der Waals surface area contributed by atoms with E-state index < -0.39 is 0 Å². The van der Waals surface area contributed by atoms with Crippen LogP contribution < -0.4 is 5.32 Å². The standard InChI is InChI=1S/C17H39N3/c1-7-17(6,15-18-8-2)16-20(11-5)14-12-13-19(9-3)10-4/h18H,7-16H2,1-6H3. The van der Waals surface area contributed by atoms with E-state index in [9.17, 15) is 0 Å². The van der Waals surface area contributed by atoms with E-state index in [1.165, 1.54) is 52.1 Å². The maximum absolute atomic E-state index is 3.53. The third-order valence-electron chi connectivity index (χ3n) is 4.55. The highest BCUT2D eigenvalue weighted by atomic mass is 15.1. The Morgan fingerprint density at radius 3 is 1.85 bits per heavy atom. The molecule has 0 spiro atoms. The lowest BCUT2D eigenvalue weighted by Crippen LogP contribution is -2.42. The smallest absolute Gasteiger partial charge is 0.00473 e. The minimum Gasteiger partial charge on any atom is -0.316 e. The van der Waals surface area contributed by atoms with Gasteiger partial charge in [-0.15, -0.1) is 0 Å². The van der Waals surface area contributed by atoms with Crippen LogP contribution in [0, 0.1) is 5.41 Å². The third-order valence-corrected chi connectivity index (χ3v) is 4.55. The average Bonchev–Trinajstić information content (AvgIpc) is 2.48. The molecule has 0 saturated heterocycles. The number of hydrogen-bond donors (Lipinski definition) is 1. The van der Waals surface area contributed by atoms with Crippen molar-refractivity contribution in [1.82, 2.24) is 15.1 Å². The molecule has 0 saturated carbocycles. The molecule has 0 aromatic rings. The first-order chi connectivity index (χ1) is 9.55. The van der Waals surface area contributed by atoms with E-state index >= 15 is 0 Å². The summed E-state index contributed by atoms with van der Waals surface area (Å²) >= 11 is 0. The molecular formula is C17H39N3. The molecule has 122 valence electrons. The summed E-state index contributed by atoms with van der Waals surface area (Å²) in [6, 6.07) is 0. The summed E-state index contributed by atoms with van der Waals surface area (Å²) < 4.78 is 0. The summed E-state index contributed by atoms with van der Waals surface area (Å²) in [5.41, 5.74) is 0.404. The number of nitrogens with zero attached hydrogens (tertiary/aromatic N) is 2. The maximum Gasteiger partial charge on any atom is 0.00473 e. The Morgan fingerprint density at radius 1 is 0.850 bits per heavy atom. The van der Waals surface area contributed by atoms with Crippen LogP contribution >= 0.6 is 0 Å². The maximum atomic E-state index is 3.53. The fourth-order valence-electron chi connectivity index (χ4n) is 2.67. The van der Waals surface area contributed by atoms with E-state index in [2.05, 4.69) is 56.7 Å². The Labute approximate surface area is 128 Å². The zero-order chi connectivity index (χ0) is 15.4. The first-order valence-corrected chi connectivity index (χ1v) is 8.70. The van der Waals surface area contributed by atoms with Crippen molar-refractivity contribution in [2.24, 2.45) is 5.41 Å². The van der Waals surface area contributed by atoms with E-state index in [0.29, 0.717) is 5.41 Å². The van der Waals surface area contributed by atoms with Gasteiger partial charge >= 0.3 is 0 Å². The summed E-state index contributed by atoms with van der Waals surface area (Å²) in [7, 11) is 0. The summed E-state index contributed by atoms with van der Waals surface area (Å²) in [6.45, 7) is 23.1. The molecule has 0 aliphatic carbocycles. The molecule has 0 aromatic heterocycles. The van der Waals surface area contributed by atoms with Crippen LogP contribution in [0.2, 0.25) is 0 Å². The van der Waals surface area contributed by atoms with E-state index in [0.717, 1.165) is 13.1 Å². The van der Waals surface area contributed by atoms with Crippen molar-refractivity contribution >= 4 is 0 Å². The molecule has 1 N–H and O–H groups in total. The highest BCUT2D eigenvalue weighted by Crippen LogP contribution is 2.21. The number of hydrogen-bond acceptors (Lipinski definition) is 3. The minimum absolute atomic E-state index is 0.404. The highest BCUT2D eigenvalue weighted by Gasteiger charge is 2.24. The average molecular weight is 286 g/mol. The van der Waals surface area contributed by atoms with Crippen molar-refractivity contribution in [1.29, 1.82) is 0 Å². The second-order valence-corrected chi connectivity index (χ2v) is 6.19. The topological polar surface area (TPSA) is 18.5 Å². The van der Waals surface area contributed by atoms with Gasteiger partial charge in [-0.1, -0.05) is 41.5 Å². The van der Waals surface area contributed by atoms with E-state index in [4.69, 9.17) is 0 Å². The van der Waals surface area contributed by atoms with Crippen LogP contribution in [0.4, 0.5) is 0 Å². The van der Waals surface area contributed by atoms with E-state index in [1.54, 1.807) is 0 Å². The third kappa shape index (κ3) is 8.23. The monoisotopic (exact) mass is 285 g/mol. The summed E-state index contributed by atoms with van der Waals surface area (Å²) in [6.07, 6.45) is 2.53. The molecule has 0 aromatic carbocycles. The molecule has 3 heteroatoms. The van der Waals surface area contributed by atoms with Gasteiger partial charge < -0.3 is 15.1 Å². The summed E-state index contributed by atoms with van der Waals surface area (Å²) in [5.74, 6) is 0. The Hall–Kier alpha value is -0.120. The van der Waals surface area contributed by atoms with E-state index in [-0.39, 0.29) is 0 Å². The summed E-state index contributed by atoms with van der Waals surface area (Å²) in [4.78, 5) is 5.15. The first kappa shape index (κ1) is 19.9. The molecule has 0 radical (unpaired) electrons. The second-order valence-electron chi connectivity index (χ2n) is 6.19. The fraction of sp³-hybridized carbons (Fsp3) is 1.00. The lowest BCUT2D eigenvalue weighted by atomic mass is 9.86. The zero-order valence-corrected chi connectivity index (χ0v) is 15.0. The van der Waals surface area contributed by atoms with Gasteiger partial charge in [0.05, 0.1) is 0 Å². The van der Waals surface area contributed by atoms with Crippen molar-refractivity contribution in [2.75, 3.05) is 52.4 Å². The van der Waals surface area contributed by atoms with Gasteiger partial charge in [-0.3, -0.25) is 0 Å². The van der Waals surface area contributed by atoms with Crippen LogP contribution in [-0.2, 0) is 0 Å². The van der Waals surface area contributed by atoms with Gasteiger partial charge in [0.15, 0.2) is 0 Å².